The highest BCUT2D eigenvalue weighted by atomic mass is 14.3. The first-order valence-electron chi connectivity index (χ1n) is 5.12. The van der Waals surface area contributed by atoms with E-state index in [0.717, 1.165) is 11.8 Å². The topological polar surface area (TPSA) is 0 Å². The Morgan fingerprint density at radius 3 is 2.91 bits per heavy atom. The van der Waals surface area contributed by atoms with E-state index in [1.54, 1.807) is 0 Å². The molecule has 11 heavy (non-hydrogen) atoms. The van der Waals surface area contributed by atoms with E-state index in [-0.39, 0.29) is 0 Å². The molecule has 2 aliphatic rings. The van der Waals surface area contributed by atoms with Crippen molar-refractivity contribution in [2.45, 2.75) is 44.9 Å². The van der Waals surface area contributed by atoms with Gasteiger partial charge in [-0.25, -0.2) is 0 Å². The minimum atomic E-state index is 0.953. The SMILES string of the molecule is C1=C\C2CCCC(CCC/1)C2. The third kappa shape index (κ3) is 1.85. The first-order chi connectivity index (χ1) is 5.45. The Labute approximate surface area is 69.7 Å². The summed E-state index contributed by atoms with van der Waals surface area (Å²) >= 11 is 0. The minimum absolute atomic E-state index is 0.953. The fourth-order valence-electron chi connectivity index (χ4n) is 2.58. The lowest BCUT2D eigenvalue weighted by Crippen LogP contribution is -2.15. The summed E-state index contributed by atoms with van der Waals surface area (Å²) in [6.45, 7) is 0. The predicted molar refractivity (Wildman–Crippen MR) is 48.4 cm³/mol. The monoisotopic (exact) mass is 150 g/mol. The summed E-state index contributed by atoms with van der Waals surface area (Å²) in [4.78, 5) is 0. The zero-order valence-corrected chi connectivity index (χ0v) is 7.26. The van der Waals surface area contributed by atoms with E-state index in [2.05, 4.69) is 12.2 Å². The highest BCUT2D eigenvalue weighted by Crippen LogP contribution is 2.34. The Balaban J connectivity index is 2.01. The lowest BCUT2D eigenvalue weighted by molar-refractivity contribution is 0.280. The summed E-state index contributed by atoms with van der Waals surface area (Å²) in [6, 6.07) is 0. The first kappa shape index (κ1) is 7.39. The molecule has 1 saturated carbocycles. The molecule has 2 atom stereocenters. The van der Waals surface area contributed by atoms with E-state index in [4.69, 9.17) is 0 Å². The largest absolute Gasteiger partial charge is 0.0883 e. The van der Waals surface area contributed by atoms with Crippen LogP contribution in [0.5, 0.6) is 0 Å². The van der Waals surface area contributed by atoms with Gasteiger partial charge in [-0.05, 0) is 37.5 Å². The Morgan fingerprint density at radius 1 is 1.00 bits per heavy atom. The van der Waals surface area contributed by atoms with Crippen molar-refractivity contribution in [3.8, 4) is 0 Å². The van der Waals surface area contributed by atoms with Gasteiger partial charge in [0.25, 0.3) is 0 Å². The van der Waals surface area contributed by atoms with Crippen LogP contribution in [0.25, 0.3) is 0 Å². The van der Waals surface area contributed by atoms with Crippen LogP contribution in [0.3, 0.4) is 0 Å². The fourth-order valence-corrected chi connectivity index (χ4v) is 2.58. The molecule has 0 N–H and O–H groups in total. The third-order valence-corrected chi connectivity index (χ3v) is 3.21. The van der Waals surface area contributed by atoms with Gasteiger partial charge in [-0.3, -0.25) is 0 Å². The van der Waals surface area contributed by atoms with Crippen LogP contribution < -0.4 is 0 Å². The molecule has 0 spiro atoms. The molecule has 2 unspecified atom stereocenters. The molecule has 2 rings (SSSR count). The molecule has 0 radical (unpaired) electrons. The van der Waals surface area contributed by atoms with Crippen molar-refractivity contribution in [1.82, 2.24) is 0 Å². The highest BCUT2D eigenvalue weighted by molar-refractivity contribution is 4.93. The molecule has 0 nitrogen and oxygen atoms in total. The number of allylic oxidation sites excluding steroid dienone is 2. The zero-order valence-electron chi connectivity index (χ0n) is 7.26. The summed E-state index contributed by atoms with van der Waals surface area (Å²) in [7, 11) is 0. The first-order valence-corrected chi connectivity index (χ1v) is 5.12. The molecule has 0 aromatic heterocycles. The van der Waals surface area contributed by atoms with Gasteiger partial charge in [0.1, 0.15) is 0 Å². The van der Waals surface area contributed by atoms with Crippen molar-refractivity contribution < 1.29 is 0 Å². The molecule has 2 aliphatic carbocycles. The molecule has 62 valence electrons. The van der Waals surface area contributed by atoms with Crippen molar-refractivity contribution in [1.29, 1.82) is 0 Å². The molecular formula is C11H18. The Kier molecular flexibility index (Phi) is 2.30. The second-order valence-corrected chi connectivity index (χ2v) is 4.15. The van der Waals surface area contributed by atoms with Gasteiger partial charge < -0.3 is 0 Å². The third-order valence-electron chi connectivity index (χ3n) is 3.21. The van der Waals surface area contributed by atoms with Crippen LogP contribution in [0.4, 0.5) is 0 Å². The smallest absolute Gasteiger partial charge is 0.0231 e. The van der Waals surface area contributed by atoms with E-state index in [0.29, 0.717) is 0 Å². The van der Waals surface area contributed by atoms with E-state index in [9.17, 15) is 0 Å². The van der Waals surface area contributed by atoms with Crippen molar-refractivity contribution in [2.24, 2.45) is 11.8 Å². The van der Waals surface area contributed by atoms with E-state index in [1.807, 2.05) is 0 Å². The van der Waals surface area contributed by atoms with Gasteiger partial charge in [0.05, 0.1) is 0 Å². The van der Waals surface area contributed by atoms with Crippen LogP contribution in [-0.4, -0.2) is 0 Å². The maximum atomic E-state index is 2.48. The number of rotatable bonds is 0. The standard InChI is InChI=1S/C11H18/c1-2-5-10-7-4-8-11(9-10)6-3-1/h2,5,10-11H,1,3-4,6-9H2/b5-2-. The van der Waals surface area contributed by atoms with Crippen molar-refractivity contribution in [3.63, 3.8) is 0 Å². The summed E-state index contributed by atoms with van der Waals surface area (Å²) < 4.78 is 0. The molecule has 0 aromatic carbocycles. The number of hydrogen-bond donors (Lipinski definition) is 0. The maximum absolute atomic E-state index is 2.48. The lowest BCUT2D eigenvalue weighted by atomic mass is 9.77. The average molecular weight is 150 g/mol. The maximum Gasteiger partial charge on any atom is -0.0231 e. The lowest BCUT2D eigenvalue weighted by Gasteiger charge is -2.28. The van der Waals surface area contributed by atoms with Gasteiger partial charge in [-0.1, -0.05) is 31.4 Å². The van der Waals surface area contributed by atoms with Crippen LogP contribution in [0.1, 0.15) is 44.9 Å². The van der Waals surface area contributed by atoms with E-state index in [1.165, 1.54) is 44.9 Å². The molecule has 0 saturated heterocycles. The molecule has 0 aromatic rings. The van der Waals surface area contributed by atoms with Gasteiger partial charge in [0.2, 0.25) is 0 Å². The molecule has 0 heteroatoms. The Hall–Kier alpha value is -0.260. The fraction of sp³-hybridized carbons (Fsp3) is 0.818. The van der Waals surface area contributed by atoms with Crippen molar-refractivity contribution in [3.05, 3.63) is 12.2 Å². The number of hydrogen-bond acceptors (Lipinski definition) is 0. The van der Waals surface area contributed by atoms with Crippen LogP contribution in [0.15, 0.2) is 12.2 Å². The molecule has 2 bridgehead atoms. The Bertz CT molecular complexity index is 146. The zero-order chi connectivity index (χ0) is 7.52. The van der Waals surface area contributed by atoms with Crippen LogP contribution in [0.2, 0.25) is 0 Å². The molecule has 0 heterocycles. The summed E-state index contributed by atoms with van der Waals surface area (Å²) in [6.07, 6.45) is 15.1. The van der Waals surface area contributed by atoms with Crippen LogP contribution >= 0.6 is 0 Å². The quantitative estimate of drug-likeness (QED) is 0.463. The van der Waals surface area contributed by atoms with E-state index < -0.39 is 0 Å². The minimum Gasteiger partial charge on any atom is -0.0883 e. The molecule has 0 amide bonds. The summed E-state index contributed by atoms with van der Waals surface area (Å²) in [5.74, 6) is 2.03. The summed E-state index contributed by atoms with van der Waals surface area (Å²) in [5, 5.41) is 0. The average Bonchev–Trinajstić information content (AvgIpc) is 2.02. The molecular weight excluding hydrogens is 132 g/mol. The highest BCUT2D eigenvalue weighted by Gasteiger charge is 2.20. The second-order valence-electron chi connectivity index (χ2n) is 4.15. The van der Waals surface area contributed by atoms with Crippen LogP contribution in [0, 0.1) is 11.8 Å². The predicted octanol–water partition coefficient (Wildman–Crippen LogP) is 3.53. The Morgan fingerprint density at radius 2 is 1.91 bits per heavy atom. The van der Waals surface area contributed by atoms with Crippen molar-refractivity contribution in [2.75, 3.05) is 0 Å². The van der Waals surface area contributed by atoms with Crippen LogP contribution in [-0.2, 0) is 0 Å². The normalized spacial score (nSPS) is 40.7. The van der Waals surface area contributed by atoms with E-state index >= 15 is 0 Å². The van der Waals surface area contributed by atoms with Gasteiger partial charge in [-0.15, -0.1) is 0 Å². The summed E-state index contributed by atoms with van der Waals surface area (Å²) in [5.41, 5.74) is 0. The van der Waals surface area contributed by atoms with Gasteiger partial charge in [0, 0.05) is 0 Å². The molecule has 1 fully saturated rings. The van der Waals surface area contributed by atoms with Gasteiger partial charge >= 0.3 is 0 Å². The number of fused-ring (bicyclic) bond motifs is 2. The van der Waals surface area contributed by atoms with Crippen molar-refractivity contribution >= 4 is 0 Å². The second kappa shape index (κ2) is 3.42. The van der Waals surface area contributed by atoms with Gasteiger partial charge in [-0.2, -0.15) is 0 Å². The molecule has 0 aliphatic heterocycles. The van der Waals surface area contributed by atoms with Gasteiger partial charge in [0.15, 0.2) is 0 Å².